The Labute approximate surface area is 146 Å². The fourth-order valence-corrected chi connectivity index (χ4v) is 4.09. The molecule has 3 unspecified atom stereocenters. The first-order valence-corrected chi connectivity index (χ1v) is 8.83. The molecule has 1 saturated carbocycles. The molecule has 0 aromatic heterocycles. The molecule has 3 atom stereocenters. The molecule has 1 saturated heterocycles. The third-order valence-corrected chi connectivity index (χ3v) is 5.42. The Bertz CT molecular complexity index is 493. The summed E-state index contributed by atoms with van der Waals surface area (Å²) in [7, 11) is 0. The molecule has 1 amide bonds. The zero-order valence-electron chi connectivity index (χ0n) is 13.8. The maximum atomic E-state index is 12.7. The van der Waals surface area contributed by atoms with Gasteiger partial charge in [-0.15, -0.1) is 12.4 Å². The van der Waals surface area contributed by atoms with Gasteiger partial charge in [-0.25, -0.2) is 0 Å². The molecular formula is C19H29ClN2O. The van der Waals surface area contributed by atoms with Crippen LogP contribution in [0.5, 0.6) is 0 Å². The molecule has 1 aromatic carbocycles. The molecule has 128 valence electrons. The van der Waals surface area contributed by atoms with Crippen LogP contribution in [0.1, 0.15) is 50.5 Å². The van der Waals surface area contributed by atoms with Crippen molar-refractivity contribution in [3.63, 3.8) is 0 Å². The van der Waals surface area contributed by atoms with Gasteiger partial charge in [0.25, 0.3) is 0 Å². The molecule has 2 fully saturated rings. The van der Waals surface area contributed by atoms with Crippen molar-refractivity contribution in [3.05, 3.63) is 35.9 Å². The molecule has 3 nitrogen and oxygen atoms in total. The highest BCUT2D eigenvalue weighted by atomic mass is 35.5. The third-order valence-electron chi connectivity index (χ3n) is 5.42. The number of hydrogen-bond donors (Lipinski definition) is 1. The number of carbonyl (C=O) groups is 1. The Kier molecular flexibility index (Phi) is 6.91. The van der Waals surface area contributed by atoms with Gasteiger partial charge in [-0.3, -0.25) is 4.79 Å². The van der Waals surface area contributed by atoms with Gasteiger partial charge in [-0.05, 0) is 43.6 Å². The number of rotatable bonds is 4. The molecule has 1 aliphatic carbocycles. The summed E-state index contributed by atoms with van der Waals surface area (Å²) < 4.78 is 0. The van der Waals surface area contributed by atoms with E-state index in [1.807, 2.05) is 6.07 Å². The summed E-state index contributed by atoms with van der Waals surface area (Å²) in [5, 5.41) is 0. The van der Waals surface area contributed by atoms with Gasteiger partial charge in [-0.2, -0.15) is 0 Å². The molecule has 3 rings (SSSR count). The molecule has 0 radical (unpaired) electrons. The summed E-state index contributed by atoms with van der Waals surface area (Å²) in [5.41, 5.74) is 7.55. The van der Waals surface area contributed by atoms with Crippen LogP contribution in [0.15, 0.2) is 30.3 Å². The van der Waals surface area contributed by atoms with Gasteiger partial charge in [-0.1, -0.05) is 43.2 Å². The molecule has 2 N–H and O–H groups in total. The number of halogens is 1. The second-order valence-corrected chi connectivity index (χ2v) is 6.99. The van der Waals surface area contributed by atoms with Crippen LogP contribution < -0.4 is 5.73 Å². The first-order chi connectivity index (χ1) is 10.7. The zero-order valence-corrected chi connectivity index (χ0v) is 14.6. The van der Waals surface area contributed by atoms with E-state index < -0.39 is 0 Å². The zero-order chi connectivity index (χ0) is 15.4. The smallest absolute Gasteiger partial charge is 0.223 e. The Morgan fingerprint density at radius 2 is 1.83 bits per heavy atom. The molecule has 23 heavy (non-hydrogen) atoms. The predicted molar refractivity (Wildman–Crippen MR) is 96.7 cm³/mol. The number of amides is 1. The Balaban J connectivity index is 0.00000192. The van der Waals surface area contributed by atoms with Crippen LogP contribution in [-0.4, -0.2) is 29.4 Å². The number of benzene rings is 1. The second kappa shape index (κ2) is 8.70. The fourth-order valence-electron chi connectivity index (χ4n) is 4.09. The van der Waals surface area contributed by atoms with E-state index >= 15 is 0 Å². The summed E-state index contributed by atoms with van der Waals surface area (Å²) in [6.07, 6.45) is 8.61. The van der Waals surface area contributed by atoms with Gasteiger partial charge < -0.3 is 10.6 Å². The number of hydrogen-bond acceptors (Lipinski definition) is 2. The van der Waals surface area contributed by atoms with Crippen molar-refractivity contribution in [2.75, 3.05) is 6.54 Å². The molecule has 1 heterocycles. The molecular weight excluding hydrogens is 308 g/mol. The van der Waals surface area contributed by atoms with Gasteiger partial charge in [0.2, 0.25) is 5.91 Å². The average molecular weight is 337 g/mol. The minimum atomic E-state index is 0. The van der Waals surface area contributed by atoms with E-state index in [4.69, 9.17) is 5.73 Å². The second-order valence-electron chi connectivity index (χ2n) is 6.99. The fraction of sp³-hybridized carbons (Fsp3) is 0.632. The van der Waals surface area contributed by atoms with Gasteiger partial charge in [0.1, 0.15) is 0 Å². The lowest BCUT2D eigenvalue weighted by Gasteiger charge is -2.31. The van der Waals surface area contributed by atoms with Crippen LogP contribution in [0.25, 0.3) is 0 Å². The van der Waals surface area contributed by atoms with Crippen molar-refractivity contribution >= 4 is 18.3 Å². The van der Waals surface area contributed by atoms with Crippen LogP contribution >= 0.6 is 12.4 Å². The molecule has 0 spiro atoms. The third kappa shape index (κ3) is 4.71. The summed E-state index contributed by atoms with van der Waals surface area (Å²) in [5.74, 6) is 0.736. The normalized spacial score (nSPS) is 27.5. The van der Waals surface area contributed by atoms with Crippen molar-refractivity contribution in [2.45, 2.75) is 63.5 Å². The monoisotopic (exact) mass is 336 g/mol. The first kappa shape index (κ1) is 18.3. The molecule has 2 aliphatic rings. The highest BCUT2D eigenvalue weighted by Crippen LogP contribution is 2.28. The van der Waals surface area contributed by atoms with E-state index in [2.05, 4.69) is 29.2 Å². The van der Waals surface area contributed by atoms with Crippen LogP contribution in [0, 0.1) is 5.92 Å². The minimum Gasteiger partial charge on any atom is -0.339 e. The van der Waals surface area contributed by atoms with E-state index in [1.165, 1.54) is 18.4 Å². The highest BCUT2D eigenvalue weighted by Gasteiger charge is 2.32. The van der Waals surface area contributed by atoms with E-state index in [1.54, 1.807) is 0 Å². The summed E-state index contributed by atoms with van der Waals surface area (Å²) in [4.78, 5) is 14.9. The van der Waals surface area contributed by atoms with Crippen molar-refractivity contribution in [3.8, 4) is 0 Å². The largest absolute Gasteiger partial charge is 0.339 e. The Morgan fingerprint density at radius 1 is 1.09 bits per heavy atom. The minimum absolute atomic E-state index is 0. The van der Waals surface area contributed by atoms with Gasteiger partial charge >= 0.3 is 0 Å². The SMILES string of the molecule is Cl.NC1CCCCC1CC(=O)N1CCCC1Cc1ccccc1. The van der Waals surface area contributed by atoms with Crippen LogP contribution in [0.4, 0.5) is 0 Å². The topological polar surface area (TPSA) is 46.3 Å². The predicted octanol–water partition coefficient (Wildman–Crippen LogP) is 3.55. The molecule has 4 heteroatoms. The van der Waals surface area contributed by atoms with E-state index in [-0.39, 0.29) is 18.4 Å². The van der Waals surface area contributed by atoms with E-state index in [0.29, 0.717) is 24.3 Å². The highest BCUT2D eigenvalue weighted by molar-refractivity contribution is 5.85. The average Bonchev–Trinajstić information content (AvgIpc) is 2.99. The van der Waals surface area contributed by atoms with Gasteiger partial charge in [0.05, 0.1) is 0 Å². The lowest BCUT2D eigenvalue weighted by atomic mass is 9.82. The lowest BCUT2D eigenvalue weighted by Crippen LogP contribution is -2.41. The van der Waals surface area contributed by atoms with E-state index in [0.717, 1.165) is 38.6 Å². The quantitative estimate of drug-likeness (QED) is 0.914. The number of likely N-dealkylation sites (tertiary alicyclic amines) is 1. The molecule has 1 aromatic rings. The maximum Gasteiger partial charge on any atom is 0.223 e. The van der Waals surface area contributed by atoms with Crippen molar-refractivity contribution in [2.24, 2.45) is 11.7 Å². The first-order valence-electron chi connectivity index (χ1n) is 8.83. The van der Waals surface area contributed by atoms with E-state index in [9.17, 15) is 4.79 Å². The number of nitrogens with zero attached hydrogens (tertiary/aromatic N) is 1. The lowest BCUT2D eigenvalue weighted by molar-refractivity contribution is -0.133. The summed E-state index contributed by atoms with van der Waals surface area (Å²) >= 11 is 0. The van der Waals surface area contributed by atoms with Crippen LogP contribution in [-0.2, 0) is 11.2 Å². The molecule has 1 aliphatic heterocycles. The Hall–Kier alpha value is -1.06. The van der Waals surface area contributed by atoms with Crippen molar-refractivity contribution in [1.29, 1.82) is 0 Å². The van der Waals surface area contributed by atoms with Gasteiger partial charge in [0, 0.05) is 25.0 Å². The van der Waals surface area contributed by atoms with Crippen LogP contribution in [0.3, 0.4) is 0 Å². The maximum absolute atomic E-state index is 12.7. The summed E-state index contributed by atoms with van der Waals surface area (Å²) in [6.45, 7) is 0.929. The van der Waals surface area contributed by atoms with Crippen molar-refractivity contribution < 1.29 is 4.79 Å². The van der Waals surface area contributed by atoms with Crippen LogP contribution in [0.2, 0.25) is 0 Å². The number of carbonyl (C=O) groups excluding carboxylic acids is 1. The number of nitrogens with two attached hydrogens (primary N) is 1. The Morgan fingerprint density at radius 3 is 2.57 bits per heavy atom. The molecule has 0 bridgehead atoms. The van der Waals surface area contributed by atoms with Crippen molar-refractivity contribution in [1.82, 2.24) is 4.90 Å². The van der Waals surface area contributed by atoms with Gasteiger partial charge in [0.15, 0.2) is 0 Å². The standard InChI is InChI=1S/C19H28N2O.ClH/c20-18-11-5-4-9-16(18)14-19(22)21-12-6-10-17(21)13-15-7-2-1-3-8-15;/h1-3,7-8,16-18H,4-6,9-14,20H2;1H. The summed E-state index contributed by atoms with van der Waals surface area (Å²) in [6, 6.07) is 11.2.